The molecular formula is C25H28FN5O5. The average molecular weight is 498 g/mol. The predicted octanol–water partition coefficient (Wildman–Crippen LogP) is 2.28. The van der Waals surface area contributed by atoms with Gasteiger partial charge in [-0.25, -0.2) is 4.39 Å². The number of benzene rings is 2. The van der Waals surface area contributed by atoms with Gasteiger partial charge in [0.25, 0.3) is 5.56 Å². The molecule has 1 N–H and O–H groups in total. The van der Waals surface area contributed by atoms with Gasteiger partial charge < -0.3 is 29.0 Å². The molecule has 190 valence electrons. The first-order chi connectivity index (χ1) is 17.4. The summed E-state index contributed by atoms with van der Waals surface area (Å²) in [6, 6.07) is 9.65. The fourth-order valence-corrected chi connectivity index (χ4v) is 4.12. The van der Waals surface area contributed by atoms with E-state index < -0.39 is 5.56 Å². The van der Waals surface area contributed by atoms with Crippen molar-refractivity contribution in [3.63, 3.8) is 0 Å². The number of halogens is 1. The number of carbonyl (C=O) groups excluding carboxylic acids is 1. The molecule has 10 nitrogen and oxygen atoms in total. The number of amides is 1. The number of carbonyl (C=O) groups is 1. The highest BCUT2D eigenvalue weighted by atomic mass is 19.1. The quantitative estimate of drug-likeness (QED) is 0.505. The second-order valence-corrected chi connectivity index (χ2v) is 8.21. The molecule has 0 radical (unpaired) electrons. The molecule has 36 heavy (non-hydrogen) atoms. The van der Waals surface area contributed by atoms with Crippen LogP contribution < -0.4 is 24.7 Å². The Bertz CT molecular complexity index is 1250. The number of anilines is 1. The van der Waals surface area contributed by atoms with Gasteiger partial charge in [0.05, 0.1) is 21.3 Å². The summed E-state index contributed by atoms with van der Waals surface area (Å²) in [5, 5.41) is 8.21. The van der Waals surface area contributed by atoms with Gasteiger partial charge in [-0.1, -0.05) is 0 Å². The highest BCUT2D eigenvalue weighted by Crippen LogP contribution is 2.40. The Balaban J connectivity index is 1.37. The van der Waals surface area contributed by atoms with Crippen LogP contribution in [-0.2, 0) is 11.2 Å². The zero-order valence-corrected chi connectivity index (χ0v) is 20.4. The number of ether oxygens (including phenoxy) is 3. The molecule has 0 spiro atoms. The fourth-order valence-electron chi connectivity index (χ4n) is 4.12. The summed E-state index contributed by atoms with van der Waals surface area (Å²) in [6.45, 7) is 2.42. The van der Waals surface area contributed by atoms with E-state index in [2.05, 4.69) is 20.1 Å². The van der Waals surface area contributed by atoms with E-state index in [0.717, 1.165) is 5.69 Å². The van der Waals surface area contributed by atoms with Crippen molar-refractivity contribution in [1.82, 2.24) is 20.1 Å². The van der Waals surface area contributed by atoms with Crippen molar-refractivity contribution in [2.45, 2.75) is 12.8 Å². The average Bonchev–Trinajstić information content (AvgIpc) is 2.91. The largest absolute Gasteiger partial charge is 0.493 e. The van der Waals surface area contributed by atoms with Crippen LogP contribution in [0.2, 0.25) is 0 Å². The molecular weight excluding hydrogens is 469 g/mol. The number of nitrogens with one attached hydrogen (secondary N) is 1. The number of rotatable bonds is 8. The highest BCUT2D eigenvalue weighted by molar-refractivity contribution is 5.76. The number of aryl methyl sites for hydroxylation is 1. The van der Waals surface area contributed by atoms with Crippen molar-refractivity contribution < 1.29 is 23.4 Å². The van der Waals surface area contributed by atoms with E-state index >= 15 is 0 Å². The van der Waals surface area contributed by atoms with E-state index in [9.17, 15) is 14.0 Å². The van der Waals surface area contributed by atoms with Crippen molar-refractivity contribution in [1.29, 1.82) is 0 Å². The van der Waals surface area contributed by atoms with Crippen LogP contribution in [0.25, 0.3) is 11.4 Å². The summed E-state index contributed by atoms with van der Waals surface area (Å²) in [7, 11) is 4.50. The third-order valence-corrected chi connectivity index (χ3v) is 6.10. The van der Waals surface area contributed by atoms with Crippen LogP contribution in [0.15, 0.2) is 41.2 Å². The minimum atomic E-state index is -0.414. The molecule has 1 saturated heterocycles. The molecule has 0 aliphatic carbocycles. The van der Waals surface area contributed by atoms with E-state index in [1.54, 1.807) is 29.2 Å². The summed E-state index contributed by atoms with van der Waals surface area (Å²) >= 11 is 0. The summed E-state index contributed by atoms with van der Waals surface area (Å²) in [6.07, 6.45) is 0.326. The normalized spacial score (nSPS) is 13.4. The van der Waals surface area contributed by atoms with E-state index in [1.807, 2.05) is 0 Å². The second kappa shape index (κ2) is 11.1. The lowest BCUT2D eigenvalue weighted by molar-refractivity contribution is -0.131. The third-order valence-electron chi connectivity index (χ3n) is 6.10. The van der Waals surface area contributed by atoms with Crippen LogP contribution in [0.4, 0.5) is 10.1 Å². The Morgan fingerprint density at radius 3 is 2.17 bits per heavy atom. The van der Waals surface area contributed by atoms with Crippen molar-refractivity contribution in [3.05, 3.63) is 58.3 Å². The lowest BCUT2D eigenvalue weighted by atomic mass is 10.1. The number of methoxy groups -OCH3 is 3. The highest BCUT2D eigenvalue weighted by Gasteiger charge is 2.22. The number of H-pyrrole nitrogens is 1. The van der Waals surface area contributed by atoms with Gasteiger partial charge in [0.15, 0.2) is 17.3 Å². The monoisotopic (exact) mass is 497 g/mol. The number of aromatic nitrogens is 3. The number of aromatic amines is 1. The molecule has 0 unspecified atom stereocenters. The predicted molar refractivity (Wildman–Crippen MR) is 131 cm³/mol. The van der Waals surface area contributed by atoms with Crippen LogP contribution >= 0.6 is 0 Å². The molecule has 1 aliphatic heterocycles. The zero-order chi connectivity index (χ0) is 25.7. The topological polar surface area (TPSA) is 110 Å². The minimum Gasteiger partial charge on any atom is -0.493 e. The first kappa shape index (κ1) is 25.0. The first-order valence-electron chi connectivity index (χ1n) is 11.5. The van der Waals surface area contributed by atoms with Gasteiger partial charge in [-0.3, -0.25) is 9.59 Å². The Morgan fingerprint density at radius 1 is 0.972 bits per heavy atom. The summed E-state index contributed by atoms with van der Waals surface area (Å²) in [5.74, 6) is 1.18. The van der Waals surface area contributed by atoms with Crippen molar-refractivity contribution >= 4 is 11.6 Å². The zero-order valence-electron chi connectivity index (χ0n) is 20.4. The third kappa shape index (κ3) is 5.40. The maximum atomic E-state index is 13.2. The molecule has 11 heteroatoms. The second-order valence-electron chi connectivity index (χ2n) is 8.21. The van der Waals surface area contributed by atoms with Gasteiger partial charge in [-0.2, -0.15) is 0 Å². The Hall–Kier alpha value is -4.15. The van der Waals surface area contributed by atoms with Gasteiger partial charge in [0.2, 0.25) is 11.7 Å². The van der Waals surface area contributed by atoms with Crippen LogP contribution in [0.5, 0.6) is 17.2 Å². The van der Waals surface area contributed by atoms with Gasteiger partial charge >= 0.3 is 0 Å². The fraction of sp³-hybridized carbons (Fsp3) is 0.360. The van der Waals surface area contributed by atoms with Crippen molar-refractivity contribution in [2.75, 3.05) is 52.4 Å². The molecule has 0 saturated carbocycles. The summed E-state index contributed by atoms with van der Waals surface area (Å²) in [4.78, 5) is 32.0. The molecule has 1 aliphatic rings. The van der Waals surface area contributed by atoms with Gasteiger partial charge in [-0.15, -0.1) is 10.2 Å². The lowest BCUT2D eigenvalue weighted by Crippen LogP contribution is -2.48. The molecule has 2 aromatic carbocycles. The molecule has 4 rings (SSSR count). The smallest absolute Gasteiger partial charge is 0.273 e. The molecule has 0 bridgehead atoms. The van der Waals surface area contributed by atoms with Crippen LogP contribution in [0.1, 0.15) is 12.1 Å². The Morgan fingerprint density at radius 2 is 1.61 bits per heavy atom. The minimum absolute atomic E-state index is 0.0522. The number of nitrogens with zero attached hydrogens (tertiary/aromatic N) is 4. The Kier molecular flexibility index (Phi) is 7.67. The van der Waals surface area contributed by atoms with Gasteiger partial charge in [0.1, 0.15) is 11.5 Å². The molecule has 0 atom stereocenters. The van der Waals surface area contributed by atoms with Gasteiger partial charge in [0, 0.05) is 50.3 Å². The Labute approximate surface area is 207 Å². The molecule has 1 aromatic heterocycles. The number of piperazine rings is 1. The van der Waals surface area contributed by atoms with Crippen LogP contribution in [0.3, 0.4) is 0 Å². The van der Waals surface area contributed by atoms with Crippen LogP contribution in [-0.4, -0.2) is 73.5 Å². The van der Waals surface area contributed by atoms with Crippen LogP contribution in [0, 0.1) is 5.82 Å². The maximum absolute atomic E-state index is 13.2. The summed E-state index contributed by atoms with van der Waals surface area (Å²) < 4.78 is 29.2. The SMILES string of the molecule is COc1cc(-c2nnc(CCC(=O)N3CCN(c4ccc(F)cc4)CC3)c(=O)[nH]2)cc(OC)c1OC. The van der Waals surface area contributed by atoms with Gasteiger partial charge in [-0.05, 0) is 36.4 Å². The van der Waals surface area contributed by atoms with E-state index in [-0.39, 0.29) is 36.1 Å². The van der Waals surface area contributed by atoms with E-state index in [4.69, 9.17) is 14.2 Å². The van der Waals surface area contributed by atoms with Crippen molar-refractivity contribution in [2.24, 2.45) is 0 Å². The molecule has 2 heterocycles. The summed E-state index contributed by atoms with van der Waals surface area (Å²) in [5.41, 5.74) is 1.24. The first-order valence-corrected chi connectivity index (χ1v) is 11.5. The van der Waals surface area contributed by atoms with E-state index in [1.165, 1.54) is 33.5 Å². The van der Waals surface area contributed by atoms with E-state index in [0.29, 0.717) is 49.0 Å². The lowest BCUT2D eigenvalue weighted by Gasteiger charge is -2.36. The molecule has 1 amide bonds. The van der Waals surface area contributed by atoms with Crippen molar-refractivity contribution in [3.8, 4) is 28.6 Å². The maximum Gasteiger partial charge on any atom is 0.273 e. The number of hydrogen-bond donors (Lipinski definition) is 1. The standard InChI is InChI=1S/C25H28FN5O5/c1-34-20-14-16(15-21(35-2)23(20)36-3)24-27-25(33)19(28-29-24)8-9-22(32)31-12-10-30(11-13-31)18-6-4-17(26)5-7-18/h4-7,14-15H,8-13H2,1-3H3,(H,27,29,33). The molecule has 1 fully saturated rings. The number of hydrogen-bond acceptors (Lipinski definition) is 8. The molecule has 3 aromatic rings.